The Morgan fingerprint density at radius 2 is 1.43 bits per heavy atom. The highest BCUT2D eigenvalue weighted by Crippen LogP contribution is 2.32. The van der Waals surface area contributed by atoms with Crippen molar-refractivity contribution < 1.29 is 4.74 Å². The summed E-state index contributed by atoms with van der Waals surface area (Å²) in [5, 5.41) is 0. The quantitative estimate of drug-likeness (QED) is 0.311. The van der Waals surface area contributed by atoms with E-state index >= 15 is 0 Å². The molecule has 3 rings (SSSR count). The highest BCUT2D eigenvalue weighted by atomic mass is 16.5. The Morgan fingerprint density at radius 1 is 0.821 bits per heavy atom. The molecule has 2 aromatic carbocycles. The van der Waals surface area contributed by atoms with Crippen molar-refractivity contribution in [3.8, 4) is 11.1 Å². The van der Waals surface area contributed by atoms with Crippen molar-refractivity contribution in [1.82, 2.24) is 0 Å². The molecule has 0 heterocycles. The van der Waals surface area contributed by atoms with Gasteiger partial charge in [0, 0.05) is 0 Å². The number of ether oxygens (including phenoxy) is 1. The third-order valence-corrected chi connectivity index (χ3v) is 6.04. The van der Waals surface area contributed by atoms with Crippen LogP contribution in [0.3, 0.4) is 0 Å². The fraction of sp³-hybridized carbons (Fsp3) is 0.407. The maximum absolute atomic E-state index is 5.63. The van der Waals surface area contributed by atoms with Gasteiger partial charge in [0.15, 0.2) is 0 Å². The van der Waals surface area contributed by atoms with Crippen LogP contribution in [0, 0.1) is 11.8 Å². The molecule has 0 N–H and O–H groups in total. The molecule has 1 heteroatoms. The first kappa shape index (κ1) is 20.6. The lowest BCUT2D eigenvalue weighted by atomic mass is 9.79. The van der Waals surface area contributed by atoms with Crippen LogP contribution in [0.25, 0.3) is 11.1 Å². The molecule has 0 aromatic heterocycles. The van der Waals surface area contributed by atoms with Gasteiger partial charge in [-0.05, 0) is 79.0 Å². The molecule has 2 aromatic rings. The zero-order valence-electron chi connectivity index (χ0n) is 17.1. The molecule has 0 saturated heterocycles. The third kappa shape index (κ3) is 6.21. The molecule has 0 bridgehead atoms. The van der Waals surface area contributed by atoms with Gasteiger partial charge in [0.2, 0.25) is 0 Å². The molecule has 1 aliphatic rings. The number of hydrogen-bond donors (Lipinski definition) is 0. The van der Waals surface area contributed by atoms with Crippen LogP contribution in [0.1, 0.15) is 49.7 Å². The Balaban J connectivity index is 1.47. The van der Waals surface area contributed by atoms with Gasteiger partial charge in [0.1, 0.15) is 0 Å². The monoisotopic (exact) mass is 374 g/mol. The van der Waals surface area contributed by atoms with E-state index in [1.165, 1.54) is 60.8 Å². The van der Waals surface area contributed by atoms with E-state index < -0.39 is 0 Å². The molecule has 1 aliphatic carbocycles. The van der Waals surface area contributed by atoms with E-state index in [0.29, 0.717) is 6.61 Å². The van der Waals surface area contributed by atoms with Crippen LogP contribution in [-0.2, 0) is 17.8 Å². The molecule has 28 heavy (non-hydrogen) atoms. The first-order chi connectivity index (χ1) is 13.8. The summed E-state index contributed by atoms with van der Waals surface area (Å²) in [6.07, 6.45) is 12.9. The van der Waals surface area contributed by atoms with Gasteiger partial charge >= 0.3 is 0 Å². The molecule has 0 radical (unpaired) electrons. The maximum atomic E-state index is 5.63. The second kappa shape index (κ2) is 11.0. The average Bonchev–Trinajstić information content (AvgIpc) is 2.76. The van der Waals surface area contributed by atoms with Crippen molar-refractivity contribution in [2.75, 3.05) is 6.61 Å². The van der Waals surface area contributed by atoms with Gasteiger partial charge in [0.05, 0.1) is 13.2 Å². The SMILES string of the molecule is C=CCCOCc1ccc(-c2ccc(CC[C@H]3CC[C@H](C=C)CC3)cc2)cc1. The summed E-state index contributed by atoms with van der Waals surface area (Å²) in [6.45, 7) is 9.07. The zero-order valence-corrected chi connectivity index (χ0v) is 17.1. The molecule has 1 saturated carbocycles. The zero-order chi connectivity index (χ0) is 19.6. The molecule has 0 atom stereocenters. The molecule has 1 nitrogen and oxygen atoms in total. The van der Waals surface area contributed by atoms with E-state index in [0.717, 1.165) is 24.9 Å². The van der Waals surface area contributed by atoms with Crippen LogP contribution in [-0.4, -0.2) is 6.61 Å². The van der Waals surface area contributed by atoms with Gasteiger partial charge in [-0.3, -0.25) is 0 Å². The van der Waals surface area contributed by atoms with Crippen molar-refractivity contribution in [1.29, 1.82) is 0 Å². The summed E-state index contributed by atoms with van der Waals surface area (Å²) < 4.78 is 5.63. The third-order valence-electron chi connectivity index (χ3n) is 6.04. The van der Waals surface area contributed by atoms with Crippen LogP contribution in [0.2, 0.25) is 0 Å². The number of aryl methyl sites for hydroxylation is 1. The second-order valence-corrected chi connectivity index (χ2v) is 8.08. The fourth-order valence-corrected chi connectivity index (χ4v) is 4.10. The number of hydrogen-bond acceptors (Lipinski definition) is 1. The summed E-state index contributed by atoms with van der Waals surface area (Å²) in [6, 6.07) is 17.8. The molecular formula is C27H34O. The molecule has 0 aliphatic heterocycles. The number of rotatable bonds is 10. The fourth-order valence-electron chi connectivity index (χ4n) is 4.10. The van der Waals surface area contributed by atoms with Gasteiger partial charge in [-0.2, -0.15) is 0 Å². The Bertz CT molecular complexity index is 718. The molecule has 148 valence electrons. The minimum absolute atomic E-state index is 0.668. The summed E-state index contributed by atoms with van der Waals surface area (Å²) in [5.41, 5.74) is 5.23. The summed E-state index contributed by atoms with van der Waals surface area (Å²) in [4.78, 5) is 0. The lowest BCUT2D eigenvalue weighted by Crippen LogP contribution is -2.13. The normalized spacial score (nSPS) is 19.3. The summed E-state index contributed by atoms with van der Waals surface area (Å²) >= 11 is 0. The van der Waals surface area contributed by atoms with Crippen molar-refractivity contribution in [2.45, 2.75) is 51.6 Å². The maximum Gasteiger partial charge on any atom is 0.0717 e. The highest BCUT2D eigenvalue weighted by molar-refractivity contribution is 5.63. The Hall–Kier alpha value is -2.12. The largest absolute Gasteiger partial charge is 0.376 e. The van der Waals surface area contributed by atoms with E-state index in [9.17, 15) is 0 Å². The predicted molar refractivity (Wildman–Crippen MR) is 120 cm³/mol. The standard InChI is InChI=1S/C27H34O/c1-3-5-20-28-21-25-14-18-27(19-15-25)26-16-12-24(13-17-26)11-10-23-8-6-22(4-2)7-9-23/h3-4,12-19,22-23H,1-2,5-11,20-21H2/t22-,23-. The van der Waals surface area contributed by atoms with Crippen LogP contribution in [0.15, 0.2) is 73.8 Å². The van der Waals surface area contributed by atoms with E-state index in [2.05, 4.69) is 67.8 Å². The Kier molecular flexibility index (Phi) is 8.11. The van der Waals surface area contributed by atoms with Gasteiger partial charge in [-0.25, -0.2) is 0 Å². The van der Waals surface area contributed by atoms with Gasteiger partial charge < -0.3 is 4.74 Å². The van der Waals surface area contributed by atoms with Crippen molar-refractivity contribution in [2.24, 2.45) is 11.8 Å². The molecule has 0 unspecified atom stereocenters. The van der Waals surface area contributed by atoms with Crippen molar-refractivity contribution in [3.63, 3.8) is 0 Å². The van der Waals surface area contributed by atoms with Gasteiger partial charge in [0.25, 0.3) is 0 Å². The Labute approximate surface area is 171 Å². The van der Waals surface area contributed by atoms with Gasteiger partial charge in [-0.15, -0.1) is 13.2 Å². The average molecular weight is 375 g/mol. The highest BCUT2D eigenvalue weighted by Gasteiger charge is 2.18. The van der Waals surface area contributed by atoms with Crippen LogP contribution in [0.4, 0.5) is 0 Å². The molecule has 1 fully saturated rings. The van der Waals surface area contributed by atoms with Gasteiger partial charge in [-0.1, -0.05) is 60.7 Å². The van der Waals surface area contributed by atoms with Crippen molar-refractivity contribution in [3.05, 3.63) is 85.0 Å². The topological polar surface area (TPSA) is 9.23 Å². The van der Waals surface area contributed by atoms with Crippen LogP contribution in [0.5, 0.6) is 0 Å². The minimum atomic E-state index is 0.668. The lowest BCUT2D eigenvalue weighted by molar-refractivity contribution is 0.125. The smallest absolute Gasteiger partial charge is 0.0717 e. The van der Waals surface area contributed by atoms with Crippen LogP contribution >= 0.6 is 0 Å². The predicted octanol–water partition coefficient (Wildman–Crippen LogP) is 7.37. The molecular weight excluding hydrogens is 340 g/mol. The molecule has 0 spiro atoms. The lowest BCUT2D eigenvalue weighted by Gasteiger charge is -2.26. The van der Waals surface area contributed by atoms with E-state index in [-0.39, 0.29) is 0 Å². The first-order valence-corrected chi connectivity index (χ1v) is 10.8. The molecule has 0 amide bonds. The summed E-state index contributed by atoms with van der Waals surface area (Å²) in [7, 11) is 0. The Morgan fingerprint density at radius 3 is 2.00 bits per heavy atom. The number of benzene rings is 2. The second-order valence-electron chi connectivity index (χ2n) is 8.08. The number of allylic oxidation sites excluding steroid dienone is 1. The van der Waals surface area contributed by atoms with Crippen LogP contribution < -0.4 is 0 Å². The first-order valence-electron chi connectivity index (χ1n) is 10.8. The van der Waals surface area contributed by atoms with Crippen molar-refractivity contribution >= 4 is 0 Å². The van der Waals surface area contributed by atoms with E-state index in [1.54, 1.807) is 0 Å². The van der Waals surface area contributed by atoms with E-state index in [1.807, 2.05) is 6.08 Å². The van der Waals surface area contributed by atoms with E-state index in [4.69, 9.17) is 4.74 Å². The minimum Gasteiger partial charge on any atom is -0.376 e. The summed E-state index contributed by atoms with van der Waals surface area (Å²) in [5.74, 6) is 1.66.